The Labute approximate surface area is 230 Å². The van der Waals surface area contributed by atoms with Crippen LogP contribution in [0.5, 0.6) is 11.5 Å². The third-order valence-electron chi connectivity index (χ3n) is 6.37. The van der Waals surface area contributed by atoms with E-state index in [0.717, 1.165) is 27.6 Å². The molecular formula is C30H25ClN4O2S. The molecule has 6 nitrogen and oxygen atoms in total. The topological polar surface area (TPSA) is 72.8 Å². The second kappa shape index (κ2) is 10.8. The SMILES string of the molecule is Cc1cc(Oc2ccc(CSc3nc(=O)c(Cc4cn(C)c5ccccc45)cn3C)cc2C#N)ccc1Cl. The number of halogens is 1. The fraction of sp³-hybridized carbons (Fsp3) is 0.167. The van der Waals surface area contributed by atoms with Gasteiger partial charge in [0.2, 0.25) is 0 Å². The third-order valence-corrected chi connectivity index (χ3v) is 7.91. The van der Waals surface area contributed by atoms with E-state index in [0.29, 0.717) is 45.0 Å². The Balaban J connectivity index is 1.31. The standard InChI is InChI=1S/C30H25ClN4O2S/c1-19-12-24(9-10-26(19)31)37-28-11-8-20(13-21(28)15-32)18-38-30-33-29(36)23(17-35(30)3)14-22-16-34(2)27-7-5-4-6-25(22)27/h4-13,16-17H,14,18H2,1-3H3. The first-order valence-electron chi connectivity index (χ1n) is 12.0. The molecule has 0 amide bonds. The van der Waals surface area contributed by atoms with Gasteiger partial charge in [-0.3, -0.25) is 4.79 Å². The lowest BCUT2D eigenvalue weighted by Gasteiger charge is -2.11. The summed E-state index contributed by atoms with van der Waals surface area (Å²) < 4.78 is 9.90. The van der Waals surface area contributed by atoms with Gasteiger partial charge in [0, 0.05) is 60.2 Å². The number of nitriles is 1. The van der Waals surface area contributed by atoms with Crippen LogP contribution in [0.1, 0.15) is 27.8 Å². The lowest BCUT2D eigenvalue weighted by molar-refractivity contribution is 0.480. The van der Waals surface area contributed by atoms with E-state index in [-0.39, 0.29) is 5.56 Å². The summed E-state index contributed by atoms with van der Waals surface area (Å²) in [4.78, 5) is 17.3. The minimum Gasteiger partial charge on any atom is -0.456 e. The molecule has 0 unspecified atom stereocenters. The van der Waals surface area contributed by atoms with Gasteiger partial charge in [0.05, 0.1) is 5.56 Å². The smallest absolute Gasteiger partial charge is 0.277 e. The van der Waals surface area contributed by atoms with E-state index in [1.54, 1.807) is 24.3 Å². The molecule has 3 aromatic carbocycles. The molecule has 0 aliphatic heterocycles. The van der Waals surface area contributed by atoms with Crippen LogP contribution in [0.3, 0.4) is 0 Å². The lowest BCUT2D eigenvalue weighted by Crippen LogP contribution is -2.18. The Morgan fingerprint density at radius 3 is 2.61 bits per heavy atom. The van der Waals surface area contributed by atoms with Crippen LogP contribution in [-0.2, 0) is 26.3 Å². The van der Waals surface area contributed by atoms with Crippen LogP contribution in [0, 0.1) is 18.3 Å². The van der Waals surface area contributed by atoms with E-state index < -0.39 is 0 Å². The summed E-state index contributed by atoms with van der Waals surface area (Å²) in [5.41, 5.74) is 4.93. The number of para-hydroxylation sites is 1. The van der Waals surface area contributed by atoms with Gasteiger partial charge in [0.1, 0.15) is 17.6 Å². The van der Waals surface area contributed by atoms with Gasteiger partial charge in [0.15, 0.2) is 5.16 Å². The number of rotatable bonds is 7. The van der Waals surface area contributed by atoms with Crippen molar-refractivity contribution in [2.24, 2.45) is 14.1 Å². The summed E-state index contributed by atoms with van der Waals surface area (Å²) in [6.45, 7) is 1.90. The predicted octanol–water partition coefficient (Wildman–Crippen LogP) is 6.78. The van der Waals surface area contributed by atoms with E-state index >= 15 is 0 Å². The molecule has 0 saturated carbocycles. The predicted molar refractivity (Wildman–Crippen MR) is 152 cm³/mol. The number of nitrogens with zero attached hydrogens (tertiary/aromatic N) is 4. The van der Waals surface area contributed by atoms with Crippen molar-refractivity contribution in [3.05, 3.63) is 116 Å². The number of aryl methyl sites for hydroxylation is 3. The summed E-state index contributed by atoms with van der Waals surface area (Å²) >= 11 is 7.55. The lowest BCUT2D eigenvalue weighted by atomic mass is 10.1. The van der Waals surface area contributed by atoms with Crippen LogP contribution in [0.15, 0.2) is 83.0 Å². The maximum Gasteiger partial charge on any atom is 0.277 e. The Morgan fingerprint density at radius 2 is 1.82 bits per heavy atom. The number of benzene rings is 3. The number of aromatic nitrogens is 3. The van der Waals surface area contributed by atoms with Gasteiger partial charge in [-0.1, -0.05) is 47.6 Å². The fourth-order valence-electron chi connectivity index (χ4n) is 4.41. The zero-order valence-electron chi connectivity index (χ0n) is 21.2. The summed E-state index contributed by atoms with van der Waals surface area (Å²) in [5, 5.41) is 12.1. The van der Waals surface area contributed by atoms with Crippen LogP contribution in [-0.4, -0.2) is 14.1 Å². The van der Waals surface area contributed by atoms with Crippen molar-refractivity contribution >= 4 is 34.3 Å². The quantitative estimate of drug-likeness (QED) is 0.168. The zero-order chi connectivity index (χ0) is 26.8. The number of hydrogen-bond acceptors (Lipinski definition) is 5. The first kappa shape index (κ1) is 25.7. The fourth-order valence-corrected chi connectivity index (χ4v) is 5.40. The highest BCUT2D eigenvalue weighted by molar-refractivity contribution is 7.98. The van der Waals surface area contributed by atoms with Gasteiger partial charge in [-0.2, -0.15) is 10.2 Å². The van der Waals surface area contributed by atoms with Crippen molar-refractivity contribution < 1.29 is 4.74 Å². The summed E-state index contributed by atoms with van der Waals surface area (Å²) in [7, 11) is 3.91. The van der Waals surface area contributed by atoms with E-state index in [1.807, 2.05) is 56.0 Å². The van der Waals surface area contributed by atoms with Crippen molar-refractivity contribution in [2.75, 3.05) is 0 Å². The molecule has 2 aromatic heterocycles. The van der Waals surface area contributed by atoms with Crippen LogP contribution in [0.2, 0.25) is 5.02 Å². The highest BCUT2D eigenvalue weighted by Gasteiger charge is 2.13. The van der Waals surface area contributed by atoms with Crippen LogP contribution < -0.4 is 10.3 Å². The number of fused-ring (bicyclic) bond motifs is 1. The summed E-state index contributed by atoms with van der Waals surface area (Å²) in [6.07, 6.45) is 4.46. The van der Waals surface area contributed by atoms with E-state index in [2.05, 4.69) is 33.9 Å². The Hall–Kier alpha value is -3.99. The molecule has 0 atom stereocenters. The molecule has 0 radical (unpaired) electrons. The summed E-state index contributed by atoms with van der Waals surface area (Å²) in [5.74, 6) is 1.65. The van der Waals surface area contributed by atoms with Crippen molar-refractivity contribution in [1.82, 2.24) is 14.1 Å². The minimum atomic E-state index is -0.224. The molecule has 5 aromatic rings. The highest BCUT2D eigenvalue weighted by Crippen LogP contribution is 2.30. The molecule has 0 fully saturated rings. The molecular weight excluding hydrogens is 516 g/mol. The van der Waals surface area contributed by atoms with Gasteiger partial charge in [0.25, 0.3) is 5.56 Å². The van der Waals surface area contributed by atoms with Crippen LogP contribution in [0.4, 0.5) is 0 Å². The molecule has 190 valence electrons. The van der Waals surface area contributed by atoms with Crippen molar-refractivity contribution in [2.45, 2.75) is 24.3 Å². The van der Waals surface area contributed by atoms with Crippen molar-refractivity contribution in [3.8, 4) is 17.6 Å². The molecule has 5 rings (SSSR count). The maximum atomic E-state index is 12.9. The van der Waals surface area contributed by atoms with Crippen LogP contribution >= 0.6 is 23.4 Å². The zero-order valence-corrected chi connectivity index (χ0v) is 22.8. The second-order valence-corrected chi connectivity index (χ2v) is 10.5. The third kappa shape index (κ3) is 5.33. The van der Waals surface area contributed by atoms with Gasteiger partial charge in [-0.15, -0.1) is 0 Å². The molecule has 0 aliphatic carbocycles. The molecule has 0 saturated heterocycles. The second-order valence-electron chi connectivity index (χ2n) is 9.17. The van der Waals surface area contributed by atoms with Gasteiger partial charge < -0.3 is 13.9 Å². The molecule has 0 N–H and O–H groups in total. The largest absolute Gasteiger partial charge is 0.456 e. The molecule has 0 aliphatic rings. The van der Waals surface area contributed by atoms with Crippen LogP contribution in [0.25, 0.3) is 10.9 Å². The monoisotopic (exact) mass is 540 g/mol. The minimum absolute atomic E-state index is 0.224. The molecule has 2 heterocycles. The molecule has 0 bridgehead atoms. The average molecular weight is 541 g/mol. The van der Waals surface area contributed by atoms with Crippen molar-refractivity contribution in [1.29, 1.82) is 5.26 Å². The molecule has 0 spiro atoms. The Bertz CT molecular complexity index is 1770. The molecule has 38 heavy (non-hydrogen) atoms. The molecule has 8 heteroatoms. The number of hydrogen-bond donors (Lipinski definition) is 0. The number of ether oxygens (including phenoxy) is 1. The normalized spacial score (nSPS) is 11.0. The Kier molecular flexibility index (Phi) is 7.28. The first-order valence-corrected chi connectivity index (χ1v) is 13.4. The first-order chi connectivity index (χ1) is 18.3. The van der Waals surface area contributed by atoms with E-state index in [1.165, 1.54) is 11.8 Å². The maximum absolute atomic E-state index is 12.9. The van der Waals surface area contributed by atoms with Gasteiger partial charge >= 0.3 is 0 Å². The average Bonchev–Trinajstić information content (AvgIpc) is 3.23. The number of thioether (sulfide) groups is 1. The highest BCUT2D eigenvalue weighted by atomic mass is 35.5. The van der Waals surface area contributed by atoms with Gasteiger partial charge in [-0.05, 0) is 60.0 Å². The van der Waals surface area contributed by atoms with E-state index in [4.69, 9.17) is 16.3 Å². The summed E-state index contributed by atoms with van der Waals surface area (Å²) in [6, 6.07) is 21.3. The van der Waals surface area contributed by atoms with Gasteiger partial charge in [-0.25, -0.2) is 0 Å². The van der Waals surface area contributed by atoms with Crippen molar-refractivity contribution in [3.63, 3.8) is 0 Å². The van der Waals surface area contributed by atoms with E-state index in [9.17, 15) is 10.1 Å². The Morgan fingerprint density at radius 1 is 1.03 bits per heavy atom.